The van der Waals surface area contributed by atoms with Gasteiger partial charge in [0.1, 0.15) is 5.75 Å². The molecule has 0 spiro atoms. The van der Waals surface area contributed by atoms with Crippen molar-refractivity contribution < 1.29 is 4.74 Å². The van der Waals surface area contributed by atoms with Crippen molar-refractivity contribution in [3.63, 3.8) is 0 Å². The molecule has 0 fully saturated rings. The van der Waals surface area contributed by atoms with Crippen LogP contribution >= 0.6 is 0 Å². The van der Waals surface area contributed by atoms with Crippen molar-refractivity contribution in [1.82, 2.24) is 4.98 Å². The molecule has 0 amide bonds. The minimum atomic E-state index is 0.207. The van der Waals surface area contributed by atoms with E-state index in [9.17, 15) is 0 Å². The van der Waals surface area contributed by atoms with Gasteiger partial charge in [0, 0.05) is 11.8 Å². The Labute approximate surface area is 102 Å². The first-order valence-electron chi connectivity index (χ1n) is 5.85. The minimum absolute atomic E-state index is 0.207. The normalized spacial score (nSPS) is 10.6. The van der Waals surface area contributed by atoms with E-state index in [1.165, 1.54) is 5.56 Å². The summed E-state index contributed by atoms with van der Waals surface area (Å²) in [6.45, 7) is 6.08. The number of benzene rings is 1. The molecule has 1 aromatic carbocycles. The predicted octanol–water partition coefficient (Wildman–Crippen LogP) is 3.84. The molecule has 0 unspecified atom stereocenters. The zero-order valence-electron chi connectivity index (χ0n) is 10.5. The van der Waals surface area contributed by atoms with Crippen LogP contribution in [0.3, 0.4) is 0 Å². The van der Waals surface area contributed by atoms with Gasteiger partial charge in [-0.25, -0.2) is 0 Å². The van der Waals surface area contributed by atoms with Gasteiger partial charge in [0.15, 0.2) is 0 Å². The highest BCUT2D eigenvalue weighted by atomic mass is 16.5. The standard InChI is InChI=1S/C15H17NO/c1-11(2)17-14-7-5-13(6-8-14)15-9-4-12(3)10-16-15/h4-11H,1-3H3. The summed E-state index contributed by atoms with van der Waals surface area (Å²) in [4.78, 5) is 4.40. The quantitative estimate of drug-likeness (QED) is 0.794. The predicted molar refractivity (Wildman–Crippen MR) is 70.2 cm³/mol. The second-order valence-electron chi connectivity index (χ2n) is 4.41. The fourth-order valence-corrected chi connectivity index (χ4v) is 1.61. The first kappa shape index (κ1) is 11.6. The molecule has 2 nitrogen and oxygen atoms in total. The van der Waals surface area contributed by atoms with Crippen LogP contribution in [0.2, 0.25) is 0 Å². The van der Waals surface area contributed by atoms with Gasteiger partial charge >= 0.3 is 0 Å². The lowest BCUT2D eigenvalue weighted by atomic mass is 10.1. The van der Waals surface area contributed by atoms with Crippen LogP contribution in [0.15, 0.2) is 42.6 Å². The number of aromatic nitrogens is 1. The average molecular weight is 227 g/mol. The van der Waals surface area contributed by atoms with E-state index in [-0.39, 0.29) is 6.10 Å². The maximum Gasteiger partial charge on any atom is 0.119 e. The van der Waals surface area contributed by atoms with Gasteiger partial charge in [-0.3, -0.25) is 4.98 Å². The van der Waals surface area contributed by atoms with Crippen molar-refractivity contribution >= 4 is 0 Å². The molecular formula is C15H17NO. The van der Waals surface area contributed by atoms with Crippen LogP contribution in [-0.4, -0.2) is 11.1 Å². The Hall–Kier alpha value is -1.83. The lowest BCUT2D eigenvalue weighted by Gasteiger charge is -2.09. The molecule has 1 aromatic heterocycles. The number of hydrogen-bond acceptors (Lipinski definition) is 2. The number of aryl methyl sites for hydroxylation is 1. The van der Waals surface area contributed by atoms with Gasteiger partial charge < -0.3 is 4.74 Å². The van der Waals surface area contributed by atoms with Crippen molar-refractivity contribution in [3.05, 3.63) is 48.2 Å². The van der Waals surface area contributed by atoms with E-state index >= 15 is 0 Å². The SMILES string of the molecule is Cc1ccc(-c2ccc(OC(C)C)cc2)nc1. The fourth-order valence-electron chi connectivity index (χ4n) is 1.61. The molecule has 1 heterocycles. The van der Waals surface area contributed by atoms with Crippen LogP contribution in [0, 0.1) is 6.92 Å². The lowest BCUT2D eigenvalue weighted by Crippen LogP contribution is -2.05. The van der Waals surface area contributed by atoms with Gasteiger partial charge in [0.05, 0.1) is 11.8 Å². The van der Waals surface area contributed by atoms with Crippen molar-refractivity contribution in [2.75, 3.05) is 0 Å². The molecule has 2 rings (SSSR count). The van der Waals surface area contributed by atoms with Crippen molar-refractivity contribution in [2.45, 2.75) is 26.9 Å². The highest BCUT2D eigenvalue weighted by molar-refractivity contribution is 5.60. The molecule has 0 aliphatic rings. The number of ether oxygens (including phenoxy) is 1. The monoisotopic (exact) mass is 227 g/mol. The van der Waals surface area contributed by atoms with E-state index in [0.717, 1.165) is 17.0 Å². The minimum Gasteiger partial charge on any atom is -0.491 e. The van der Waals surface area contributed by atoms with Crippen molar-refractivity contribution in [3.8, 4) is 17.0 Å². The van der Waals surface area contributed by atoms with Gasteiger partial charge in [-0.2, -0.15) is 0 Å². The van der Waals surface area contributed by atoms with Crippen molar-refractivity contribution in [2.24, 2.45) is 0 Å². The molecule has 0 aliphatic heterocycles. The zero-order chi connectivity index (χ0) is 12.3. The number of pyridine rings is 1. The zero-order valence-corrected chi connectivity index (χ0v) is 10.5. The highest BCUT2D eigenvalue weighted by Gasteiger charge is 2.01. The van der Waals surface area contributed by atoms with Crippen LogP contribution in [0.25, 0.3) is 11.3 Å². The molecule has 0 saturated carbocycles. The van der Waals surface area contributed by atoms with E-state index < -0.39 is 0 Å². The Morgan fingerprint density at radius 1 is 1.00 bits per heavy atom. The third-order valence-electron chi connectivity index (χ3n) is 2.43. The Morgan fingerprint density at radius 2 is 1.71 bits per heavy atom. The van der Waals surface area contributed by atoms with Gasteiger partial charge in [-0.05, 0) is 56.7 Å². The fraction of sp³-hybridized carbons (Fsp3) is 0.267. The summed E-state index contributed by atoms with van der Waals surface area (Å²) in [5, 5.41) is 0. The molecule has 88 valence electrons. The summed E-state index contributed by atoms with van der Waals surface area (Å²) in [7, 11) is 0. The lowest BCUT2D eigenvalue weighted by molar-refractivity contribution is 0.242. The van der Waals surface area contributed by atoms with Gasteiger partial charge in [-0.1, -0.05) is 6.07 Å². The van der Waals surface area contributed by atoms with Crippen LogP contribution in [0.4, 0.5) is 0 Å². The molecule has 17 heavy (non-hydrogen) atoms. The molecule has 0 N–H and O–H groups in total. The summed E-state index contributed by atoms with van der Waals surface area (Å²) < 4.78 is 5.60. The van der Waals surface area contributed by atoms with Crippen LogP contribution in [0.5, 0.6) is 5.75 Å². The summed E-state index contributed by atoms with van der Waals surface area (Å²) in [6.07, 6.45) is 2.09. The second kappa shape index (κ2) is 5.00. The Balaban J connectivity index is 2.20. The Kier molecular flexibility index (Phi) is 3.43. The van der Waals surface area contributed by atoms with Crippen molar-refractivity contribution in [1.29, 1.82) is 0 Å². The molecular weight excluding hydrogens is 210 g/mol. The third-order valence-corrected chi connectivity index (χ3v) is 2.43. The number of hydrogen-bond donors (Lipinski definition) is 0. The largest absolute Gasteiger partial charge is 0.491 e. The Bertz CT molecular complexity index is 471. The number of nitrogens with zero attached hydrogens (tertiary/aromatic N) is 1. The van der Waals surface area contributed by atoms with E-state index in [2.05, 4.69) is 11.1 Å². The summed E-state index contributed by atoms with van der Waals surface area (Å²) in [5.41, 5.74) is 3.28. The molecule has 0 saturated heterocycles. The van der Waals surface area contributed by atoms with E-state index in [0.29, 0.717) is 0 Å². The first-order valence-corrected chi connectivity index (χ1v) is 5.85. The van der Waals surface area contributed by atoms with Crippen LogP contribution < -0.4 is 4.74 Å². The maximum absolute atomic E-state index is 5.60. The van der Waals surface area contributed by atoms with Crippen LogP contribution in [0.1, 0.15) is 19.4 Å². The highest BCUT2D eigenvalue weighted by Crippen LogP contribution is 2.21. The molecule has 0 bridgehead atoms. The molecule has 0 atom stereocenters. The van der Waals surface area contributed by atoms with E-state index in [1.807, 2.05) is 57.3 Å². The van der Waals surface area contributed by atoms with E-state index in [1.54, 1.807) is 0 Å². The third kappa shape index (κ3) is 3.06. The summed E-state index contributed by atoms with van der Waals surface area (Å²) in [6, 6.07) is 12.1. The van der Waals surface area contributed by atoms with Gasteiger partial charge in [-0.15, -0.1) is 0 Å². The number of rotatable bonds is 3. The van der Waals surface area contributed by atoms with Gasteiger partial charge in [0.25, 0.3) is 0 Å². The molecule has 0 aliphatic carbocycles. The van der Waals surface area contributed by atoms with Crippen LogP contribution in [-0.2, 0) is 0 Å². The van der Waals surface area contributed by atoms with Gasteiger partial charge in [0.2, 0.25) is 0 Å². The summed E-state index contributed by atoms with van der Waals surface area (Å²) >= 11 is 0. The first-order chi connectivity index (χ1) is 8.15. The molecule has 0 radical (unpaired) electrons. The second-order valence-corrected chi connectivity index (χ2v) is 4.41. The molecule has 2 heteroatoms. The molecule has 2 aromatic rings. The Morgan fingerprint density at radius 3 is 2.24 bits per heavy atom. The summed E-state index contributed by atoms with van der Waals surface area (Å²) in [5.74, 6) is 0.899. The maximum atomic E-state index is 5.60. The topological polar surface area (TPSA) is 22.1 Å². The smallest absolute Gasteiger partial charge is 0.119 e. The average Bonchev–Trinajstić information content (AvgIpc) is 2.30. The van der Waals surface area contributed by atoms with E-state index in [4.69, 9.17) is 4.74 Å².